The zero-order valence-corrected chi connectivity index (χ0v) is 13.8. The molecule has 0 saturated carbocycles. The van der Waals surface area contributed by atoms with E-state index in [9.17, 15) is 9.90 Å². The first kappa shape index (κ1) is 17.0. The molecule has 2 amide bonds. The Kier molecular flexibility index (Phi) is 5.39. The molecule has 2 atom stereocenters. The van der Waals surface area contributed by atoms with Gasteiger partial charge >= 0.3 is 6.03 Å². The predicted molar refractivity (Wildman–Crippen MR) is 90.7 cm³/mol. The number of benzene rings is 1. The maximum atomic E-state index is 12.1. The average Bonchev–Trinajstić information content (AvgIpc) is 3.07. The number of aromatic nitrogens is 2. The highest BCUT2D eigenvalue weighted by Crippen LogP contribution is 2.20. The van der Waals surface area contributed by atoms with Gasteiger partial charge in [-0.3, -0.25) is 0 Å². The highest BCUT2D eigenvalue weighted by molar-refractivity contribution is 5.91. The highest BCUT2D eigenvalue weighted by atomic mass is 16.3. The van der Waals surface area contributed by atoms with E-state index in [0.717, 1.165) is 12.1 Å². The molecule has 1 aromatic carbocycles. The molecule has 1 heterocycles. The molecule has 3 N–H and O–H groups in total. The number of amides is 2. The monoisotopic (exact) mass is 316 g/mol. The Morgan fingerprint density at radius 1 is 1.39 bits per heavy atom. The summed E-state index contributed by atoms with van der Waals surface area (Å²) in [6.45, 7) is 5.91. The Morgan fingerprint density at radius 2 is 2.13 bits per heavy atom. The number of hydrogen-bond donors (Lipinski definition) is 3. The Bertz CT molecular complexity index is 638. The van der Waals surface area contributed by atoms with Crippen molar-refractivity contribution in [2.45, 2.75) is 32.8 Å². The van der Waals surface area contributed by atoms with E-state index in [-0.39, 0.29) is 18.5 Å². The number of anilines is 1. The summed E-state index contributed by atoms with van der Waals surface area (Å²) in [4.78, 5) is 12.1. The SMILES string of the molecule is CCC(C)C(C)(O)CNC(=O)Nc1ccccc1-n1cccn1. The highest BCUT2D eigenvalue weighted by Gasteiger charge is 2.27. The van der Waals surface area contributed by atoms with Crippen LogP contribution < -0.4 is 10.6 Å². The van der Waals surface area contributed by atoms with Gasteiger partial charge < -0.3 is 15.7 Å². The van der Waals surface area contributed by atoms with Gasteiger partial charge in [-0.05, 0) is 31.0 Å². The van der Waals surface area contributed by atoms with Crippen molar-refractivity contribution >= 4 is 11.7 Å². The molecule has 23 heavy (non-hydrogen) atoms. The number of aliphatic hydroxyl groups is 1. The maximum Gasteiger partial charge on any atom is 0.319 e. The second-order valence-electron chi connectivity index (χ2n) is 5.94. The van der Waals surface area contributed by atoms with Gasteiger partial charge in [-0.25, -0.2) is 9.48 Å². The molecule has 0 aliphatic carbocycles. The van der Waals surface area contributed by atoms with Gasteiger partial charge in [0.25, 0.3) is 0 Å². The van der Waals surface area contributed by atoms with Gasteiger partial charge in [0.15, 0.2) is 0 Å². The number of carbonyl (C=O) groups is 1. The largest absolute Gasteiger partial charge is 0.388 e. The summed E-state index contributed by atoms with van der Waals surface area (Å²) in [5.74, 6) is 0.0964. The van der Waals surface area contributed by atoms with Crippen LogP contribution in [-0.2, 0) is 0 Å². The molecule has 0 radical (unpaired) electrons. The van der Waals surface area contributed by atoms with Crippen molar-refractivity contribution in [3.8, 4) is 5.69 Å². The van der Waals surface area contributed by atoms with Crippen LogP contribution >= 0.6 is 0 Å². The van der Waals surface area contributed by atoms with E-state index >= 15 is 0 Å². The Hall–Kier alpha value is -2.34. The van der Waals surface area contributed by atoms with E-state index in [2.05, 4.69) is 15.7 Å². The average molecular weight is 316 g/mol. The van der Waals surface area contributed by atoms with Crippen molar-refractivity contribution in [2.75, 3.05) is 11.9 Å². The fraction of sp³-hybridized carbons (Fsp3) is 0.412. The first-order valence-electron chi connectivity index (χ1n) is 7.80. The lowest BCUT2D eigenvalue weighted by atomic mass is 9.89. The fourth-order valence-electron chi connectivity index (χ4n) is 2.23. The molecular formula is C17H24N4O2. The lowest BCUT2D eigenvalue weighted by Gasteiger charge is -2.29. The van der Waals surface area contributed by atoms with Crippen molar-refractivity contribution in [1.82, 2.24) is 15.1 Å². The molecule has 0 spiro atoms. The summed E-state index contributed by atoms with van der Waals surface area (Å²) in [5, 5.41) is 20.1. The van der Waals surface area contributed by atoms with Crippen LogP contribution in [0.2, 0.25) is 0 Å². The Balaban J connectivity index is 2.02. The normalized spacial score (nSPS) is 14.8. The minimum absolute atomic E-state index is 0.0964. The van der Waals surface area contributed by atoms with Crippen LogP contribution in [0.5, 0.6) is 0 Å². The van der Waals surface area contributed by atoms with E-state index in [0.29, 0.717) is 5.69 Å². The summed E-state index contributed by atoms with van der Waals surface area (Å²) in [7, 11) is 0. The first-order valence-corrected chi connectivity index (χ1v) is 7.80. The molecule has 2 unspecified atom stereocenters. The molecule has 1 aromatic heterocycles. The van der Waals surface area contributed by atoms with Gasteiger partial charge in [0.2, 0.25) is 0 Å². The van der Waals surface area contributed by atoms with Crippen LogP contribution in [0.15, 0.2) is 42.7 Å². The lowest BCUT2D eigenvalue weighted by molar-refractivity contribution is 0.00827. The number of carbonyl (C=O) groups excluding carboxylic acids is 1. The molecule has 6 heteroatoms. The standard InChI is InChI=1S/C17H24N4O2/c1-4-13(2)17(3,23)12-18-16(22)20-14-8-5-6-9-15(14)21-11-7-10-19-21/h5-11,13,23H,4,12H2,1-3H3,(H2,18,20,22). The molecule has 124 valence electrons. The van der Waals surface area contributed by atoms with E-state index in [1.807, 2.05) is 50.4 Å². The molecule has 0 aliphatic rings. The Morgan fingerprint density at radius 3 is 2.78 bits per heavy atom. The number of rotatable bonds is 6. The molecule has 0 fully saturated rings. The summed E-state index contributed by atoms with van der Waals surface area (Å²) < 4.78 is 1.69. The molecular weight excluding hydrogens is 292 g/mol. The predicted octanol–water partition coefficient (Wildman–Crippen LogP) is 2.79. The number of para-hydroxylation sites is 2. The first-order chi connectivity index (χ1) is 10.9. The molecule has 2 rings (SSSR count). The molecule has 6 nitrogen and oxygen atoms in total. The quantitative estimate of drug-likeness (QED) is 0.766. The van der Waals surface area contributed by atoms with Crippen molar-refractivity contribution in [2.24, 2.45) is 5.92 Å². The van der Waals surface area contributed by atoms with Crippen LogP contribution in [0.1, 0.15) is 27.2 Å². The van der Waals surface area contributed by atoms with Crippen LogP contribution in [0.3, 0.4) is 0 Å². The summed E-state index contributed by atoms with van der Waals surface area (Å²) in [6, 6.07) is 8.88. The topological polar surface area (TPSA) is 79.2 Å². The van der Waals surface area contributed by atoms with Crippen molar-refractivity contribution in [3.05, 3.63) is 42.7 Å². The number of nitrogens with one attached hydrogen (secondary N) is 2. The van der Waals surface area contributed by atoms with Crippen molar-refractivity contribution in [1.29, 1.82) is 0 Å². The third-order valence-corrected chi connectivity index (χ3v) is 4.18. The van der Waals surface area contributed by atoms with E-state index in [1.165, 1.54) is 0 Å². The van der Waals surface area contributed by atoms with Crippen molar-refractivity contribution < 1.29 is 9.90 Å². The maximum absolute atomic E-state index is 12.1. The van der Waals surface area contributed by atoms with Gasteiger partial charge in [0.1, 0.15) is 0 Å². The fourth-order valence-corrected chi connectivity index (χ4v) is 2.23. The van der Waals surface area contributed by atoms with Crippen LogP contribution in [0.25, 0.3) is 5.69 Å². The smallest absolute Gasteiger partial charge is 0.319 e. The van der Waals surface area contributed by atoms with Crippen molar-refractivity contribution in [3.63, 3.8) is 0 Å². The van der Waals surface area contributed by atoms with E-state index in [1.54, 1.807) is 17.8 Å². The molecule has 0 bridgehead atoms. The molecule has 2 aromatic rings. The lowest BCUT2D eigenvalue weighted by Crippen LogP contribution is -2.46. The van der Waals surface area contributed by atoms with Gasteiger partial charge in [-0.15, -0.1) is 0 Å². The van der Waals surface area contributed by atoms with Gasteiger partial charge in [-0.1, -0.05) is 32.4 Å². The third kappa shape index (κ3) is 4.32. The third-order valence-electron chi connectivity index (χ3n) is 4.18. The minimum Gasteiger partial charge on any atom is -0.388 e. The molecule has 0 aliphatic heterocycles. The van der Waals surface area contributed by atoms with Gasteiger partial charge in [-0.2, -0.15) is 5.10 Å². The van der Waals surface area contributed by atoms with E-state index < -0.39 is 5.60 Å². The minimum atomic E-state index is -0.937. The summed E-state index contributed by atoms with van der Waals surface area (Å²) in [5.41, 5.74) is 0.492. The second-order valence-corrected chi connectivity index (χ2v) is 5.94. The summed E-state index contributed by atoms with van der Waals surface area (Å²) >= 11 is 0. The van der Waals surface area contributed by atoms with Crippen LogP contribution in [-0.4, -0.2) is 33.1 Å². The zero-order valence-electron chi connectivity index (χ0n) is 13.8. The second kappa shape index (κ2) is 7.28. The summed E-state index contributed by atoms with van der Waals surface area (Å²) in [6.07, 6.45) is 4.34. The number of nitrogens with zero attached hydrogens (tertiary/aromatic N) is 2. The van der Waals surface area contributed by atoms with Gasteiger partial charge in [0.05, 0.1) is 17.0 Å². The van der Waals surface area contributed by atoms with Crippen LogP contribution in [0.4, 0.5) is 10.5 Å². The number of hydrogen-bond acceptors (Lipinski definition) is 3. The molecule has 0 saturated heterocycles. The van der Waals surface area contributed by atoms with Crippen LogP contribution in [0, 0.1) is 5.92 Å². The van der Waals surface area contributed by atoms with E-state index in [4.69, 9.17) is 0 Å². The zero-order chi connectivity index (χ0) is 16.9. The number of urea groups is 1. The van der Waals surface area contributed by atoms with Gasteiger partial charge in [0, 0.05) is 18.9 Å². The Labute approximate surface area is 136 Å².